The molecule has 0 fully saturated rings. The van der Waals surface area contributed by atoms with Crippen molar-refractivity contribution in [1.29, 1.82) is 0 Å². The number of aromatic nitrogens is 2. The van der Waals surface area contributed by atoms with Crippen molar-refractivity contribution < 1.29 is 29.3 Å². The van der Waals surface area contributed by atoms with E-state index in [-0.39, 0.29) is 12.4 Å². The maximum Gasteiger partial charge on any atom is 0.469 e. The molecule has 0 aliphatic carbocycles. The van der Waals surface area contributed by atoms with Gasteiger partial charge >= 0.3 is 8.80 Å². The molecule has 1 aromatic heterocycles. The lowest BCUT2D eigenvalue weighted by Gasteiger charge is -2.42. The molecule has 1 heterocycles. The van der Waals surface area contributed by atoms with Gasteiger partial charge in [-0.05, 0) is 65.3 Å². The van der Waals surface area contributed by atoms with Gasteiger partial charge in [-0.2, -0.15) is 0 Å². The summed E-state index contributed by atoms with van der Waals surface area (Å²) in [4.78, 5) is 0. The zero-order valence-corrected chi connectivity index (χ0v) is 23.1. The van der Waals surface area contributed by atoms with E-state index in [2.05, 4.69) is 86.8 Å². The van der Waals surface area contributed by atoms with Crippen molar-refractivity contribution in [2.75, 3.05) is 0 Å². The number of nitrogens with zero attached hydrogens (tertiary/aromatic N) is 2. The van der Waals surface area contributed by atoms with Crippen LogP contribution in [0.1, 0.15) is 6.42 Å². The molecular formula is C16H39ClN2O3Si4. The molecule has 0 aromatic carbocycles. The van der Waals surface area contributed by atoms with Crippen LogP contribution < -0.4 is 17.0 Å². The lowest BCUT2D eigenvalue weighted by molar-refractivity contribution is -0.671. The van der Waals surface area contributed by atoms with Crippen molar-refractivity contribution >= 4 is 33.8 Å². The van der Waals surface area contributed by atoms with Gasteiger partial charge in [0.05, 0.1) is 13.6 Å². The van der Waals surface area contributed by atoms with Gasteiger partial charge in [0, 0.05) is 6.04 Å². The second-order valence-electron chi connectivity index (χ2n) is 9.75. The molecule has 26 heavy (non-hydrogen) atoms. The summed E-state index contributed by atoms with van der Waals surface area (Å²) in [6.07, 6.45) is 7.31. The van der Waals surface area contributed by atoms with Crippen LogP contribution in [-0.2, 0) is 25.9 Å². The van der Waals surface area contributed by atoms with E-state index in [1.54, 1.807) is 0 Å². The van der Waals surface area contributed by atoms with E-state index in [0.29, 0.717) is 0 Å². The average Bonchev–Trinajstić information content (AvgIpc) is 2.67. The Hall–Kier alpha value is 0.248. The third-order valence-electron chi connectivity index (χ3n) is 3.11. The fourth-order valence-corrected chi connectivity index (χ4v) is 17.4. The zero-order valence-electron chi connectivity index (χ0n) is 18.4. The van der Waals surface area contributed by atoms with Crippen LogP contribution in [0.2, 0.25) is 65.0 Å². The number of imidazole rings is 1. The predicted octanol–water partition coefficient (Wildman–Crippen LogP) is 1.20. The average molecular weight is 455 g/mol. The highest BCUT2D eigenvalue weighted by Crippen LogP contribution is 2.30. The van der Waals surface area contributed by atoms with Gasteiger partial charge in [-0.15, -0.1) is 0 Å². The molecule has 154 valence electrons. The van der Waals surface area contributed by atoms with E-state index >= 15 is 0 Å². The molecule has 0 unspecified atom stereocenters. The molecule has 0 saturated heterocycles. The highest BCUT2D eigenvalue weighted by Gasteiger charge is 2.49. The maximum atomic E-state index is 6.71. The van der Waals surface area contributed by atoms with Gasteiger partial charge in [-0.1, -0.05) is 0 Å². The highest BCUT2D eigenvalue weighted by atomic mass is 35.5. The summed E-state index contributed by atoms with van der Waals surface area (Å²) in [6.45, 7) is 21.1. The molecular weight excluding hydrogens is 416 g/mol. The molecule has 1 rings (SSSR count). The quantitative estimate of drug-likeness (QED) is 0.393. The van der Waals surface area contributed by atoms with Gasteiger partial charge in [0.25, 0.3) is 0 Å². The van der Waals surface area contributed by atoms with E-state index in [9.17, 15) is 0 Å². The Bertz CT molecular complexity index is 510. The van der Waals surface area contributed by atoms with Gasteiger partial charge in [0.2, 0.25) is 6.33 Å². The minimum absolute atomic E-state index is 0. The monoisotopic (exact) mass is 454 g/mol. The van der Waals surface area contributed by atoms with Crippen LogP contribution in [0, 0.1) is 0 Å². The summed E-state index contributed by atoms with van der Waals surface area (Å²) < 4.78 is 24.4. The standard InChI is InChI=1S/C16H39N2O3Si4.ClH/c1-17-13-14-18(16-17)12-11-15-25(19-22(2,3)4,20-23(5,6)7)21-24(8,9)10;/h13-14,16H,11-12,15H2,1-10H3;1H/q+1;/p-1. The third-order valence-corrected chi connectivity index (χ3v) is 15.2. The fourth-order valence-electron chi connectivity index (χ4n) is 2.73. The second-order valence-corrected chi connectivity index (χ2v) is 26.7. The van der Waals surface area contributed by atoms with Crippen molar-refractivity contribution in [3.63, 3.8) is 0 Å². The van der Waals surface area contributed by atoms with E-state index < -0.39 is 33.8 Å². The Kier molecular flexibility index (Phi) is 9.73. The third kappa shape index (κ3) is 11.2. The number of hydrogen-bond donors (Lipinski definition) is 0. The Morgan fingerprint density at radius 3 is 1.54 bits per heavy atom. The predicted molar refractivity (Wildman–Crippen MR) is 114 cm³/mol. The second kappa shape index (κ2) is 9.64. The summed E-state index contributed by atoms with van der Waals surface area (Å²) in [5, 5.41) is 0. The van der Waals surface area contributed by atoms with Gasteiger partial charge in [-0.25, -0.2) is 9.13 Å². The lowest BCUT2D eigenvalue weighted by Crippen LogP contribution is -3.00. The van der Waals surface area contributed by atoms with Crippen LogP contribution in [0.15, 0.2) is 18.7 Å². The van der Waals surface area contributed by atoms with Crippen LogP contribution in [0.5, 0.6) is 0 Å². The van der Waals surface area contributed by atoms with Crippen molar-refractivity contribution in [2.45, 2.75) is 77.9 Å². The largest absolute Gasteiger partial charge is 1.00 e. The first-order valence-electron chi connectivity index (χ1n) is 9.21. The van der Waals surface area contributed by atoms with Gasteiger partial charge < -0.3 is 24.8 Å². The Labute approximate surface area is 171 Å². The SMILES string of the molecule is C[n+]1ccn(CCC[Si](O[Si](C)(C)C)(O[Si](C)(C)C)O[Si](C)(C)C)c1.[Cl-]. The minimum atomic E-state index is -2.68. The van der Waals surface area contributed by atoms with E-state index in [0.717, 1.165) is 19.0 Å². The van der Waals surface area contributed by atoms with Crippen molar-refractivity contribution in [1.82, 2.24) is 4.57 Å². The van der Waals surface area contributed by atoms with E-state index in [1.165, 1.54) is 0 Å². The zero-order chi connectivity index (χ0) is 19.5. The van der Waals surface area contributed by atoms with E-state index in [1.807, 2.05) is 7.05 Å². The summed E-state index contributed by atoms with van der Waals surface area (Å²) in [7, 11) is -5.95. The minimum Gasteiger partial charge on any atom is -1.00 e. The van der Waals surface area contributed by atoms with Crippen molar-refractivity contribution in [3.05, 3.63) is 18.7 Å². The van der Waals surface area contributed by atoms with Crippen LogP contribution in [-0.4, -0.2) is 38.3 Å². The first-order chi connectivity index (χ1) is 11.1. The number of aryl methyl sites for hydroxylation is 2. The number of hydrogen-bond acceptors (Lipinski definition) is 3. The molecule has 0 radical (unpaired) electrons. The Morgan fingerprint density at radius 1 is 0.808 bits per heavy atom. The van der Waals surface area contributed by atoms with Crippen LogP contribution in [0.3, 0.4) is 0 Å². The summed E-state index contributed by atoms with van der Waals surface area (Å²) in [5.74, 6) is 0. The molecule has 0 atom stereocenters. The maximum absolute atomic E-state index is 6.71. The molecule has 0 N–H and O–H groups in total. The summed E-state index contributed by atoms with van der Waals surface area (Å²) in [5.41, 5.74) is 0. The highest BCUT2D eigenvalue weighted by molar-refractivity contribution is 6.90. The summed E-state index contributed by atoms with van der Waals surface area (Å²) >= 11 is 0. The van der Waals surface area contributed by atoms with Gasteiger partial charge in [-0.3, -0.25) is 0 Å². The van der Waals surface area contributed by atoms with Crippen LogP contribution in [0.4, 0.5) is 0 Å². The van der Waals surface area contributed by atoms with E-state index in [4.69, 9.17) is 12.3 Å². The molecule has 0 aliphatic rings. The van der Waals surface area contributed by atoms with Crippen molar-refractivity contribution in [2.24, 2.45) is 7.05 Å². The van der Waals surface area contributed by atoms with Crippen LogP contribution in [0.25, 0.3) is 0 Å². The molecule has 5 nitrogen and oxygen atoms in total. The fraction of sp³-hybridized carbons (Fsp3) is 0.812. The van der Waals surface area contributed by atoms with Crippen molar-refractivity contribution in [3.8, 4) is 0 Å². The molecule has 10 heteroatoms. The Morgan fingerprint density at radius 2 is 1.23 bits per heavy atom. The summed E-state index contributed by atoms with van der Waals surface area (Å²) in [6, 6.07) is 0.897. The van der Waals surface area contributed by atoms with Gasteiger partial charge in [0.1, 0.15) is 12.4 Å². The lowest BCUT2D eigenvalue weighted by atomic mass is 10.5. The smallest absolute Gasteiger partial charge is 0.469 e. The molecule has 0 amide bonds. The van der Waals surface area contributed by atoms with Crippen LogP contribution >= 0.6 is 0 Å². The normalized spacial score (nSPS) is 13.6. The Balaban J connectivity index is 0.00000625. The molecule has 1 aromatic rings. The molecule has 0 saturated carbocycles. The number of rotatable bonds is 10. The molecule has 0 bridgehead atoms. The topological polar surface area (TPSA) is 36.5 Å². The van der Waals surface area contributed by atoms with Gasteiger partial charge in [0.15, 0.2) is 25.0 Å². The molecule has 0 spiro atoms. The molecule has 0 aliphatic heterocycles. The first-order valence-corrected chi connectivity index (χ1v) is 21.4. The first kappa shape index (κ1) is 26.2. The number of halogens is 1.